The fourth-order valence-electron chi connectivity index (χ4n) is 2.87. The van der Waals surface area contributed by atoms with Crippen molar-refractivity contribution in [3.8, 4) is 0 Å². The molecule has 2 heteroatoms. The topological polar surface area (TPSA) is 32.3 Å². The minimum absolute atomic E-state index is 0.141. The third-order valence-corrected chi connectivity index (χ3v) is 3.90. The summed E-state index contributed by atoms with van der Waals surface area (Å²) in [6, 6.07) is 0.338. The van der Waals surface area contributed by atoms with E-state index in [0.29, 0.717) is 12.0 Å². The first-order valence-electron chi connectivity index (χ1n) is 6.34. The fourth-order valence-corrected chi connectivity index (χ4v) is 2.87. The van der Waals surface area contributed by atoms with Gasteiger partial charge in [-0.15, -0.1) is 0 Å². The normalized spacial score (nSPS) is 38.9. The van der Waals surface area contributed by atoms with E-state index in [1.807, 2.05) is 0 Å². The van der Waals surface area contributed by atoms with E-state index >= 15 is 0 Å². The van der Waals surface area contributed by atoms with E-state index in [-0.39, 0.29) is 6.10 Å². The molecule has 0 aromatic carbocycles. The van der Waals surface area contributed by atoms with Gasteiger partial charge in [-0.2, -0.15) is 0 Å². The van der Waals surface area contributed by atoms with Crippen LogP contribution < -0.4 is 5.32 Å². The van der Waals surface area contributed by atoms with Crippen molar-refractivity contribution >= 4 is 0 Å². The van der Waals surface area contributed by atoms with Crippen molar-refractivity contribution < 1.29 is 5.11 Å². The lowest BCUT2D eigenvalue weighted by Crippen LogP contribution is -2.48. The van der Waals surface area contributed by atoms with Gasteiger partial charge in [0, 0.05) is 6.04 Å². The summed E-state index contributed by atoms with van der Waals surface area (Å²) in [5.41, 5.74) is 0. The molecule has 1 heterocycles. The van der Waals surface area contributed by atoms with Gasteiger partial charge in [0.15, 0.2) is 0 Å². The van der Waals surface area contributed by atoms with E-state index < -0.39 is 0 Å². The van der Waals surface area contributed by atoms with Gasteiger partial charge in [-0.3, -0.25) is 0 Å². The molecular formula is C13H23NO. The summed E-state index contributed by atoms with van der Waals surface area (Å²) in [5.74, 6) is 1.25. The van der Waals surface area contributed by atoms with Crippen molar-refractivity contribution in [1.82, 2.24) is 5.32 Å². The van der Waals surface area contributed by atoms with Crippen LogP contribution in [-0.2, 0) is 0 Å². The molecule has 0 bridgehead atoms. The van der Waals surface area contributed by atoms with Gasteiger partial charge >= 0.3 is 0 Å². The molecule has 4 atom stereocenters. The highest BCUT2D eigenvalue weighted by Crippen LogP contribution is 2.27. The van der Waals surface area contributed by atoms with Crippen molar-refractivity contribution in [3.63, 3.8) is 0 Å². The van der Waals surface area contributed by atoms with E-state index in [9.17, 15) is 5.11 Å². The summed E-state index contributed by atoms with van der Waals surface area (Å²) >= 11 is 0. The number of piperidine rings is 1. The maximum Gasteiger partial charge on any atom is 0.0724 e. The van der Waals surface area contributed by atoms with Crippen molar-refractivity contribution in [3.05, 3.63) is 12.2 Å². The second-order valence-corrected chi connectivity index (χ2v) is 5.23. The third kappa shape index (κ3) is 2.82. The predicted octanol–water partition coefficient (Wildman–Crippen LogP) is 2.09. The summed E-state index contributed by atoms with van der Waals surface area (Å²) in [4.78, 5) is 0. The summed E-state index contributed by atoms with van der Waals surface area (Å²) in [6.07, 6.45) is 10.1. The molecule has 0 aromatic heterocycles. The van der Waals surface area contributed by atoms with E-state index in [2.05, 4.69) is 24.4 Å². The fraction of sp³-hybridized carbons (Fsp3) is 0.846. The molecular weight excluding hydrogens is 186 g/mol. The van der Waals surface area contributed by atoms with Gasteiger partial charge in [-0.25, -0.2) is 0 Å². The molecule has 2 aliphatic rings. The monoisotopic (exact) mass is 209 g/mol. The molecule has 86 valence electrons. The summed E-state index contributed by atoms with van der Waals surface area (Å²) in [5, 5.41) is 13.8. The number of hydrogen-bond acceptors (Lipinski definition) is 2. The Bertz CT molecular complexity index is 227. The van der Waals surface area contributed by atoms with Crippen LogP contribution in [0.1, 0.15) is 39.0 Å². The van der Waals surface area contributed by atoms with Crippen LogP contribution in [0.4, 0.5) is 0 Å². The molecule has 0 aromatic rings. The van der Waals surface area contributed by atoms with Crippen LogP contribution in [0, 0.1) is 11.8 Å². The van der Waals surface area contributed by atoms with Gasteiger partial charge in [0.05, 0.1) is 6.10 Å². The van der Waals surface area contributed by atoms with Crippen LogP contribution >= 0.6 is 0 Å². The van der Waals surface area contributed by atoms with Crippen molar-refractivity contribution in [2.45, 2.75) is 51.2 Å². The van der Waals surface area contributed by atoms with E-state index in [0.717, 1.165) is 38.1 Å². The summed E-state index contributed by atoms with van der Waals surface area (Å²) in [7, 11) is 0. The number of aliphatic hydroxyl groups excluding tert-OH is 1. The van der Waals surface area contributed by atoms with Crippen molar-refractivity contribution in [2.24, 2.45) is 11.8 Å². The number of rotatable bonds is 2. The second kappa shape index (κ2) is 5.13. The van der Waals surface area contributed by atoms with E-state index in [4.69, 9.17) is 0 Å². The van der Waals surface area contributed by atoms with E-state index in [1.54, 1.807) is 0 Å². The van der Waals surface area contributed by atoms with Crippen LogP contribution in [0.25, 0.3) is 0 Å². The van der Waals surface area contributed by atoms with Gasteiger partial charge in [0.1, 0.15) is 0 Å². The predicted molar refractivity (Wildman–Crippen MR) is 62.7 cm³/mol. The molecule has 1 fully saturated rings. The lowest BCUT2D eigenvalue weighted by molar-refractivity contribution is 0.0462. The van der Waals surface area contributed by atoms with Crippen LogP contribution in [0.3, 0.4) is 0 Å². The Morgan fingerprint density at radius 1 is 1.33 bits per heavy atom. The Balaban J connectivity index is 1.88. The maximum atomic E-state index is 10.3. The Morgan fingerprint density at radius 3 is 2.87 bits per heavy atom. The Kier molecular flexibility index (Phi) is 3.81. The molecule has 2 N–H and O–H groups in total. The number of aliphatic hydroxyl groups is 1. The smallest absolute Gasteiger partial charge is 0.0724 e. The van der Waals surface area contributed by atoms with Crippen LogP contribution in [-0.4, -0.2) is 23.8 Å². The molecule has 1 aliphatic heterocycles. The summed E-state index contributed by atoms with van der Waals surface area (Å²) < 4.78 is 0. The Morgan fingerprint density at radius 2 is 2.20 bits per heavy atom. The van der Waals surface area contributed by atoms with Crippen molar-refractivity contribution in [2.75, 3.05) is 6.54 Å². The van der Waals surface area contributed by atoms with Crippen LogP contribution in [0.2, 0.25) is 0 Å². The minimum Gasteiger partial charge on any atom is -0.391 e. The van der Waals surface area contributed by atoms with Gasteiger partial charge in [-0.1, -0.05) is 19.1 Å². The molecule has 1 saturated heterocycles. The minimum atomic E-state index is -0.141. The van der Waals surface area contributed by atoms with Crippen LogP contribution in [0.5, 0.6) is 0 Å². The summed E-state index contributed by atoms with van der Waals surface area (Å²) in [6.45, 7) is 3.37. The van der Waals surface area contributed by atoms with Gasteiger partial charge in [-0.05, 0) is 50.5 Å². The van der Waals surface area contributed by atoms with Gasteiger partial charge in [0.25, 0.3) is 0 Å². The number of allylic oxidation sites excluding steroid dienone is 2. The highest BCUT2D eigenvalue weighted by atomic mass is 16.3. The molecule has 0 spiro atoms. The van der Waals surface area contributed by atoms with Crippen molar-refractivity contribution in [1.29, 1.82) is 0 Å². The van der Waals surface area contributed by atoms with E-state index in [1.165, 1.54) is 6.42 Å². The van der Waals surface area contributed by atoms with Gasteiger partial charge in [0.2, 0.25) is 0 Å². The third-order valence-electron chi connectivity index (χ3n) is 3.90. The Hall–Kier alpha value is -0.340. The zero-order chi connectivity index (χ0) is 10.7. The molecule has 15 heavy (non-hydrogen) atoms. The van der Waals surface area contributed by atoms with Crippen LogP contribution in [0.15, 0.2) is 12.2 Å². The molecule has 2 rings (SSSR count). The maximum absolute atomic E-state index is 10.3. The second-order valence-electron chi connectivity index (χ2n) is 5.23. The molecule has 0 radical (unpaired) electrons. The first-order chi connectivity index (χ1) is 7.27. The molecule has 4 unspecified atom stereocenters. The zero-order valence-corrected chi connectivity index (χ0v) is 9.65. The average molecular weight is 209 g/mol. The zero-order valence-electron chi connectivity index (χ0n) is 9.65. The quantitative estimate of drug-likeness (QED) is 0.683. The first kappa shape index (κ1) is 11.2. The molecule has 2 nitrogen and oxygen atoms in total. The Labute approximate surface area is 92.8 Å². The molecule has 0 saturated carbocycles. The van der Waals surface area contributed by atoms with Gasteiger partial charge < -0.3 is 10.4 Å². The average Bonchev–Trinajstić information content (AvgIpc) is 2.29. The number of hydrogen-bond donors (Lipinski definition) is 2. The highest BCUT2D eigenvalue weighted by molar-refractivity contribution is 4.95. The standard InChI is InChI=1S/C13H23NO/c1-10-7-8-14-12(9-10)13(15)11-5-3-2-4-6-11/h2-3,10-15H,4-9H2,1H3. The number of nitrogens with one attached hydrogen (secondary N) is 1. The first-order valence-corrected chi connectivity index (χ1v) is 6.34. The lowest BCUT2D eigenvalue weighted by atomic mass is 9.81. The lowest BCUT2D eigenvalue weighted by Gasteiger charge is -2.36. The molecule has 0 amide bonds. The SMILES string of the molecule is CC1CCNC(C(O)C2CC=CCC2)C1. The highest BCUT2D eigenvalue weighted by Gasteiger charge is 2.30. The molecule has 1 aliphatic carbocycles. The largest absolute Gasteiger partial charge is 0.391 e.